The molecule has 0 aliphatic carbocycles. The van der Waals surface area contributed by atoms with Crippen molar-refractivity contribution in [1.29, 1.82) is 0 Å². The molecule has 7 heteroatoms. The van der Waals surface area contributed by atoms with E-state index in [4.69, 9.17) is 16.3 Å². The Morgan fingerprint density at radius 3 is 2.52 bits per heavy atom. The van der Waals surface area contributed by atoms with Crippen LogP contribution in [0.25, 0.3) is 0 Å². The highest BCUT2D eigenvalue weighted by atomic mass is 79.9. The summed E-state index contributed by atoms with van der Waals surface area (Å²) in [5.74, 6) is -0.568. The Kier molecular flexibility index (Phi) is 6.80. The van der Waals surface area contributed by atoms with Crippen LogP contribution in [0, 0.1) is 6.92 Å². The Morgan fingerprint density at radius 1 is 1.03 bits per heavy atom. The minimum atomic E-state index is -0.482. The molecule has 0 unspecified atom stereocenters. The Hall–Kier alpha value is -2.96. The van der Waals surface area contributed by atoms with Crippen LogP contribution in [-0.4, -0.2) is 18.1 Å². The Balaban J connectivity index is 1.74. The number of aryl methyl sites for hydroxylation is 1. The molecule has 0 fully saturated rings. The molecule has 0 radical (unpaired) electrons. The van der Waals surface area contributed by atoms with Crippen molar-refractivity contribution in [3.63, 3.8) is 0 Å². The van der Waals surface area contributed by atoms with Crippen molar-refractivity contribution in [2.45, 2.75) is 6.92 Å². The minimum Gasteiger partial charge on any atom is -0.422 e. The van der Waals surface area contributed by atoms with Crippen LogP contribution in [0.5, 0.6) is 5.75 Å². The SMILES string of the molecule is Cc1ccc(C(=O)Oc2ccc(Br)cc2/C=N\NC(=O)c2cccc(Cl)c2)cc1. The van der Waals surface area contributed by atoms with Gasteiger partial charge in [-0.15, -0.1) is 0 Å². The smallest absolute Gasteiger partial charge is 0.343 e. The molecule has 0 saturated carbocycles. The number of nitrogens with zero attached hydrogens (tertiary/aromatic N) is 1. The van der Waals surface area contributed by atoms with Crippen molar-refractivity contribution in [3.05, 3.63) is 98.5 Å². The van der Waals surface area contributed by atoms with Crippen LogP contribution in [-0.2, 0) is 0 Å². The molecule has 3 aromatic rings. The predicted octanol–water partition coefficient (Wildman–Crippen LogP) is 5.39. The third kappa shape index (κ3) is 5.76. The molecular weight excluding hydrogens is 456 g/mol. The third-order valence-corrected chi connectivity index (χ3v) is 4.65. The zero-order valence-electron chi connectivity index (χ0n) is 15.4. The summed E-state index contributed by atoms with van der Waals surface area (Å²) in [7, 11) is 0. The molecule has 0 saturated heterocycles. The number of amides is 1. The van der Waals surface area contributed by atoms with Gasteiger partial charge in [0.15, 0.2) is 0 Å². The van der Waals surface area contributed by atoms with Gasteiger partial charge in [0, 0.05) is 20.6 Å². The first-order valence-electron chi connectivity index (χ1n) is 8.60. The maximum absolute atomic E-state index is 12.4. The lowest BCUT2D eigenvalue weighted by atomic mass is 10.1. The van der Waals surface area contributed by atoms with Crippen molar-refractivity contribution in [2.24, 2.45) is 5.10 Å². The Bertz CT molecular complexity index is 1080. The molecule has 0 spiro atoms. The van der Waals surface area contributed by atoms with Gasteiger partial charge in [0.25, 0.3) is 5.91 Å². The van der Waals surface area contributed by atoms with E-state index in [0.29, 0.717) is 27.5 Å². The summed E-state index contributed by atoms with van der Waals surface area (Å²) in [6.07, 6.45) is 1.41. The zero-order chi connectivity index (χ0) is 20.8. The van der Waals surface area contributed by atoms with E-state index in [1.165, 1.54) is 6.21 Å². The van der Waals surface area contributed by atoms with Crippen LogP contribution in [0.2, 0.25) is 5.02 Å². The lowest BCUT2D eigenvalue weighted by Gasteiger charge is -2.08. The zero-order valence-corrected chi connectivity index (χ0v) is 17.7. The molecule has 0 atom stereocenters. The summed E-state index contributed by atoms with van der Waals surface area (Å²) < 4.78 is 6.28. The van der Waals surface area contributed by atoms with Crippen molar-refractivity contribution in [2.75, 3.05) is 0 Å². The Morgan fingerprint density at radius 2 is 1.79 bits per heavy atom. The number of carbonyl (C=O) groups excluding carboxylic acids is 2. The van der Waals surface area contributed by atoms with Gasteiger partial charge in [0.2, 0.25) is 0 Å². The van der Waals surface area contributed by atoms with Gasteiger partial charge in [-0.2, -0.15) is 5.10 Å². The molecule has 0 aliphatic heterocycles. The number of esters is 1. The van der Waals surface area contributed by atoms with E-state index in [1.807, 2.05) is 19.1 Å². The molecule has 3 aromatic carbocycles. The highest BCUT2D eigenvalue weighted by Gasteiger charge is 2.12. The van der Waals surface area contributed by atoms with E-state index in [1.54, 1.807) is 54.6 Å². The average molecular weight is 472 g/mol. The first-order valence-corrected chi connectivity index (χ1v) is 9.77. The Labute approximate surface area is 181 Å². The normalized spacial score (nSPS) is 10.7. The molecule has 3 rings (SSSR count). The van der Waals surface area contributed by atoms with Crippen LogP contribution in [0.3, 0.4) is 0 Å². The van der Waals surface area contributed by atoms with E-state index < -0.39 is 11.9 Å². The maximum atomic E-state index is 12.4. The van der Waals surface area contributed by atoms with Gasteiger partial charge >= 0.3 is 5.97 Å². The molecule has 146 valence electrons. The summed E-state index contributed by atoms with van der Waals surface area (Å²) in [5.41, 5.74) is 4.82. The van der Waals surface area contributed by atoms with Crippen molar-refractivity contribution >= 4 is 45.6 Å². The lowest BCUT2D eigenvalue weighted by molar-refractivity contribution is 0.0734. The molecule has 0 aromatic heterocycles. The molecule has 1 amide bonds. The number of hydrazone groups is 1. The number of nitrogens with one attached hydrogen (secondary N) is 1. The van der Waals surface area contributed by atoms with Crippen LogP contribution < -0.4 is 10.2 Å². The topological polar surface area (TPSA) is 67.8 Å². The molecule has 5 nitrogen and oxygen atoms in total. The van der Waals surface area contributed by atoms with Crippen LogP contribution in [0.15, 0.2) is 76.3 Å². The summed E-state index contributed by atoms with van der Waals surface area (Å²) in [6, 6.07) is 18.7. The number of benzene rings is 3. The molecule has 0 aliphatic rings. The summed E-state index contributed by atoms with van der Waals surface area (Å²) >= 11 is 9.27. The van der Waals surface area contributed by atoms with Gasteiger partial charge in [-0.25, -0.2) is 10.2 Å². The maximum Gasteiger partial charge on any atom is 0.343 e. The lowest BCUT2D eigenvalue weighted by Crippen LogP contribution is -2.17. The van der Waals surface area contributed by atoms with E-state index in [9.17, 15) is 9.59 Å². The van der Waals surface area contributed by atoms with E-state index >= 15 is 0 Å². The van der Waals surface area contributed by atoms with Crippen molar-refractivity contribution < 1.29 is 14.3 Å². The first kappa shape index (κ1) is 20.8. The average Bonchev–Trinajstić information content (AvgIpc) is 2.70. The number of hydrogen-bond donors (Lipinski definition) is 1. The van der Waals surface area contributed by atoms with E-state index in [-0.39, 0.29) is 0 Å². The monoisotopic (exact) mass is 470 g/mol. The van der Waals surface area contributed by atoms with E-state index in [2.05, 4.69) is 26.5 Å². The number of carbonyl (C=O) groups is 2. The predicted molar refractivity (Wildman–Crippen MR) is 117 cm³/mol. The van der Waals surface area contributed by atoms with Crippen LogP contribution in [0.4, 0.5) is 0 Å². The first-order chi connectivity index (χ1) is 13.9. The standard InChI is InChI=1S/C22H16BrClN2O3/c1-14-5-7-15(8-6-14)22(28)29-20-10-9-18(23)11-17(20)13-25-26-21(27)16-3-2-4-19(24)12-16/h2-13H,1H3,(H,26,27)/b25-13-. The second kappa shape index (κ2) is 9.49. The number of ether oxygens (including phenoxy) is 1. The van der Waals surface area contributed by atoms with Crippen LogP contribution in [0.1, 0.15) is 31.8 Å². The minimum absolute atomic E-state index is 0.319. The van der Waals surface area contributed by atoms with Gasteiger partial charge in [0.1, 0.15) is 5.75 Å². The van der Waals surface area contributed by atoms with Crippen molar-refractivity contribution in [1.82, 2.24) is 5.43 Å². The third-order valence-electron chi connectivity index (χ3n) is 3.92. The molecule has 1 N–H and O–H groups in total. The highest BCUT2D eigenvalue weighted by molar-refractivity contribution is 9.10. The second-order valence-corrected chi connectivity index (χ2v) is 7.50. The van der Waals surface area contributed by atoms with E-state index in [0.717, 1.165) is 10.0 Å². The fourth-order valence-electron chi connectivity index (χ4n) is 2.42. The highest BCUT2D eigenvalue weighted by Crippen LogP contribution is 2.23. The fraction of sp³-hybridized carbons (Fsp3) is 0.0455. The van der Waals surface area contributed by atoms with Crippen LogP contribution >= 0.6 is 27.5 Å². The molecule has 0 heterocycles. The second-order valence-electron chi connectivity index (χ2n) is 6.15. The number of halogens is 2. The van der Waals surface area contributed by atoms with Gasteiger partial charge in [-0.1, -0.05) is 51.3 Å². The molecule has 0 bridgehead atoms. The van der Waals surface area contributed by atoms with Gasteiger partial charge in [-0.05, 0) is 55.5 Å². The van der Waals surface area contributed by atoms with Gasteiger partial charge in [-0.3, -0.25) is 4.79 Å². The summed E-state index contributed by atoms with van der Waals surface area (Å²) in [6.45, 7) is 1.94. The summed E-state index contributed by atoms with van der Waals surface area (Å²) in [5, 5.41) is 4.42. The number of hydrogen-bond acceptors (Lipinski definition) is 4. The van der Waals surface area contributed by atoms with Gasteiger partial charge < -0.3 is 4.74 Å². The summed E-state index contributed by atoms with van der Waals surface area (Å²) in [4.78, 5) is 24.6. The largest absolute Gasteiger partial charge is 0.422 e. The quantitative estimate of drug-likeness (QED) is 0.235. The van der Waals surface area contributed by atoms with Gasteiger partial charge in [0.05, 0.1) is 11.8 Å². The molecular formula is C22H16BrClN2O3. The fourth-order valence-corrected chi connectivity index (χ4v) is 2.99. The van der Waals surface area contributed by atoms with Crippen molar-refractivity contribution in [3.8, 4) is 5.75 Å². The molecule has 29 heavy (non-hydrogen) atoms. The number of rotatable bonds is 5.